The molecule has 0 bridgehead atoms. The monoisotopic (exact) mass is 250 g/mol. The zero-order valence-electron chi connectivity index (χ0n) is 10.1. The van der Waals surface area contributed by atoms with Crippen LogP contribution in [0.4, 0.5) is 11.4 Å². The number of carbonyl (C=O) groups excluding carboxylic acids is 1. The van der Waals surface area contributed by atoms with Crippen LogP contribution in [-0.4, -0.2) is 30.9 Å². The van der Waals surface area contributed by atoms with E-state index in [1.54, 1.807) is 6.07 Å². The highest BCUT2D eigenvalue weighted by molar-refractivity contribution is 5.81. The molecule has 1 saturated heterocycles. The van der Waals surface area contributed by atoms with Gasteiger partial charge in [0.2, 0.25) is 0 Å². The summed E-state index contributed by atoms with van der Waals surface area (Å²) in [7, 11) is 1.53. The van der Waals surface area contributed by atoms with Crippen LogP contribution < -0.4 is 9.64 Å². The van der Waals surface area contributed by atoms with Gasteiger partial charge in [0.1, 0.15) is 11.5 Å². The first kappa shape index (κ1) is 12.3. The zero-order chi connectivity index (χ0) is 13.1. The molecular formula is C12H14N2O4. The van der Waals surface area contributed by atoms with Crippen molar-refractivity contribution in [3.8, 4) is 5.75 Å². The largest absolute Gasteiger partial charge is 0.495 e. The van der Waals surface area contributed by atoms with Crippen LogP contribution in [0.5, 0.6) is 5.75 Å². The molecule has 0 atom stereocenters. The molecule has 0 radical (unpaired) electrons. The molecule has 1 aliphatic heterocycles. The van der Waals surface area contributed by atoms with E-state index in [1.807, 2.05) is 4.90 Å². The Hall–Kier alpha value is -2.11. The smallest absolute Gasteiger partial charge is 0.271 e. The molecular weight excluding hydrogens is 236 g/mol. The summed E-state index contributed by atoms with van der Waals surface area (Å²) in [5.41, 5.74) is 0.710. The van der Waals surface area contributed by atoms with Gasteiger partial charge in [0.15, 0.2) is 0 Å². The van der Waals surface area contributed by atoms with Crippen LogP contribution in [0.1, 0.15) is 12.8 Å². The summed E-state index contributed by atoms with van der Waals surface area (Å²) in [6.07, 6.45) is 0.956. The molecule has 0 unspecified atom stereocenters. The van der Waals surface area contributed by atoms with Gasteiger partial charge >= 0.3 is 0 Å². The van der Waals surface area contributed by atoms with E-state index in [-0.39, 0.29) is 11.5 Å². The lowest BCUT2D eigenvalue weighted by atomic mass is 10.1. The number of benzene rings is 1. The standard InChI is InChI=1S/C12H14N2O4/c1-18-12-3-2-9(14(16)17)8-11(12)13-6-4-10(15)5-7-13/h2-3,8H,4-7H2,1H3. The van der Waals surface area contributed by atoms with Crippen LogP contribution in [-0.2, 0) is 4.79 Å². The first-order chi connectivity index (χ1) is 8.61. The van der Waals surface area contributed by atoms with E-state index in [0.29, 0.717) is 37.4 Å². The summed E-state index contributed by atoms with van der Waals surface area (Å²) in [6, 6.07) is 4.50. The van der Waals surface area contributed by atoms with E-state index in [2.05, 4.69) is 0 Å². The average Bonchev–Trinajstić information content (AvgIpc) is 2.39. The summed E-state index contributed by atoms with van der Waals surface area (Å²) in [4.78, 5) is 23.5. The summed E-state index contributed by atoms with van der Waals surface area (Å²) >= 11 is 0. The number of anilines is 1. The Morgan fingerprint density at radius 2 is 2.00 bits per heavy atom. The van der Waals surface area contributed by atoms with Crippen LogP contribution in [0.2, 0.25) is 0 Å². The molecule has 96 valence electrons. The van der Waals surface area contributed by atoms with Crippen molar-refractivity contribution in [2.75, 3.05) is 25.1 Å². The fourth-order valence-electron chi connectivity index (χ4n) is 2.04. The van der Waals surface area contributed by atoms with Crippen LogP contribution in [0.3, 0.4) is 0 Å². The summed E-state index contributed by atoms with van der Waals surface area (Å²) in [5, 5.41) is 10.8. The molecule has 1 aromatic carbocycles. The number of hydrogen-bond acceptors (Lipinski definition) is 5. The van der Waals surface area contributed by atoms with Crippen LogP contribution >= 0.6 is 0 Å². The van der Waals surface area contributed by atoms with Crippen LogP contribution in [0, 0.1) is 10.1 Å². The first-order valence-electron chi connectivity index (χ1n) is 5.71. The molecule has 18 heavy (non-hydrogen) atoms. The van der Waals surface area contributed by atoms with E-state index >= 15 is 0 Å². The normalized spacial score (nSPS) is 15.6. The topological polar surface area (TPSA) is 72.7 Å². The van der Waals surface area contributed by atoms with Crippen molar-refractivity contribution in [3.63, 3.8) is 0 Å². The summed E-state index contributed by atoms with van der Waals surface area (Å²) in [6.45, 7) is 1.16. The molecule has 0 spiro atoms. The van der Waals surface area contributed by atoms with Gasteiger partial charge in [-0.25, -0.2) is 0 Å². The molecule has 1 aliphatic rings. The molecule has 1 aromatic rings. The lowest BCUT2D eigenvalue weighted by molar-refractivity contribution is -0.384. The highest BCUT2D eigenvalue weighted by Crippen LogP contribution is 2.33. The van der Waals surface area contributed by atoms with Gasteiger partial charge in [-0.15, -0.1) is 0 Å². The summed E-state index contributed by atoms with van der Waals surface area (Å²) in [5.74, 6) is 0.825. The minimum Gasteiger partial charge on any atom is -0.495 e. The molecule has 2 rings (SSSR count). The third-order valence-corrected chi connectivity index (χ3v) is 3.04. The fourth-order valence-corrected chi connectivity index (χ4v) is 2.04. The van der Waals surface area contributed by atoms with Crippen molar-refractivity contribution in [1.82, 2.24) is 0 Å². The Kier molecular flexibility index (Phi) is 3.45. The lowest BCUT2D eigenvalue weighted by Gasteiger charge is -2.29. The maximum absolute atomic E-state index is 11.2. The molecule has 0 amide bonds. The van der Waals surface area contributed by atoms with Gasteiger partial charge in [-0.05, 0) is 6.07 Å². The number of rotatable bonds is 3. The van der Waals surface area contributed by atoms with E-state index in [9.17, 15) is 14.9 Å². The third-order valence-electron chi connectivity index (χ3n) is 3.04. The highest BCUT2D eigenvalue weighted by Gasteiger charge is 2.21. The van der Waals surface area contributed by atoms with E-state index < -0.39 is 4.92 Å². The molecule has 0 saturated carbocycles. The number of piperidine rings is 1. The molecule has 0 aromatic heterocycles. The minimum atomic E-state index is -0.433. The molecule has 1 heterocycles. The molecule has 0 aliphatic carbocycles. The third kappa shape index (κ3) is 2.42. The van der Waals surface area contributed by atoms with Crippen molar-refractivity contribution in [2.45, 2.75) is 12.8 Å². The number of nitro benzene ring substituents is 1. The number of ether oxygens (including phenoxy) is 1. The predicted octanol–water partition coefficient (Wildman–Crippen LogP) is 1.77. The second kappa shape index (κ2) is 5.03. The molecule has 6 heteroatoms. The van der Waals surface area contributed by atoms with Crippen molar-refractivity contribution in [3.05, 3.63) is 28.3 Å². The Labute approximate surface area is 104 Å². The van der Waals surface area contributed by atoms with Crippen LogP contribution in [0.25, 0.3) is 0 Å². The molecule has 0 N–H and O–H groups in total. The highest BCUT2D eigenvalue weighted by atomic mass is 16.6. The van der Waals surface area contributed by atoms with Gasteiger partial charge < -0.3 is 9.64 Å². The number of nitro groups is 1. The van der Waals surface area contributed by atoms with Gasteiger partial charge in [-0.3, -0.25) is 14.9 Å². The van der Waals surface area contributed by atoms with Crippen LogP contribution in [0.15, 0.2) is 18.2 Å². The number of ketones is 1. The van der Waals surface area contributed by atoms with Gasteiger partial charge in [-0.2, -0.15) is 0 Å². The van der Waals surface area contributed by atoms with Crippen molar-refractivity contribution in [1.29, 1.82) is 0 Å². The number of methoxy groups -OCH3 is 1. The SMILES string of the molecule is COc1ccc([N+](=O)[O-])cc1N1CCC(=O)CC1. The van der Waals surface area contributed by atoms with Gasteiger partial charge in [0, 0.05) is 38.1 Å². The van der Waals surface area contributed by atoms with E-state index in [0.717, 1.165) is 0 Å². The van der Waals surface area contributed by atoms with Crippen molar-refractivity contribution >= 4 is 17.2 Å². The number of hydrogen-bond donors (Lipinski definition) is 0. The number of non-ortho nitro benzene ring substituents is 1. The second-order valence-electron chi connectivity index (χ2n) is 4.14. The number of Topliss-reactive ketones (excluding diaryl/α,β-unsaturated/α-hetero) is 1. The Bertz CT molecular complexity index is 477. The quantitative estimate of drug-likeness (QED) is 0.604. The van der Waals surface area contributed by atoms with E-state index in [4.69, 9.17) is 4.74 Å². The average molecular weight is 250 g/mol. The Balaban J connectivity index is 2.31. The predicted molar refractivity (Wildman–Crippen MR) is 66.1 cm³/mol. The fraction of sp³-hybridized carbons (Fsp3) is 0.417. The lowest BCUT2D eigenvalue weighted by Crippen LogP contribution is -2.33. The maximum atomic E-state index is 11.2. The summed E-state index contributed by atoms with van der Waals surface area (Å²) < 4.78 is 5.21. The maximum Gasteiger partial charge on any atom is 0.271 e. The Morgan fingerprint density at radius 3 is 2.56 bits per heavy atom. The number of nitrogens with zero attached hydrogens (tertiary/aromatic N) is 2. The minimum absolute atomic E-state index is 0.0303. The van der Waals surface area contributed by atoms with Gasteiger partial charge in [0.25, 0.3) is 5.69 Å². The van der Waals surface area contributed by atoms with Gasteiger partial charge in [-0.1, -0.05) is 0 Å². The second-order valence-corrected chi connectivity index (χ2v) is 4.14. The van der Waals surface area contributed by atoms with E-state index in [1.165, 1.54) is 19.2 Å². The molecule has 6 nitrogen and oxygen atoms in total. The van der Waals surface area contributed by atoms with Crippen molar-refractivity contribution in [2.24, 2.45) is 0 Å². The van der Waals surface area contributed by atoms with Gasteiger partial charge in [0.05, 0.1) is 17.7 Å². The number of carbonyl (C=O) groups is 1. The molecule has 1 fully saturated rings. The Morgan fingerprint density at radius 1 is 1.33 bits per heavy atom. The zero-order valence-corrected chi connectivity index (χ0v) is 10.1. The van der Waals surface area contributed by atoms with Crippen molar-refractivity contribution < 1.29 is 14.5 Å². The first-order valence-corrected chi connectivity index (χ1v) is 5.71.